The molecule has 0 atom stereocenters. The van der Waals surface area contributed by atoms with Crippen molar-refractivity contribution < 1.29 is 40.2 Å². The second kappa shape index (κ2) is 6.23. The van der Waals surface area contributed by atoms with Crippen LogP contribution in [-0.4, -0.2) is 55.2 Å². The summed E-state index contributed by atoms with van der Waals surface area (Å²) in [5.74, 6) is -9.92. The summed E-state index contributed by atoms with van der Waals surface area (Å²) in [6.07, 6.45) is 0.582. The fourth-order valence-corrected chi connectivity index (χ4v) is 1.20. The highest BCUT2D eigenvalue weighted by molar-refractivity contribution is 5.82. The number of carbonyl (C=O) groups is 1. The molecule has 0 radical (unpaired) electrons. The summed E-state index contributed by atoms with van der Waals surface area (Å²) >= 11 is 0. The van der Waals surface area contributed by atoms with Gasteiger partial charge < -0.3 is 35.4 Å². The Hall–Kier alpha value is -1.03. The monoisotopic (exact) mass is 266 g/mol. The van der Waals surface area contributed by atoms with Crippen LogP contribution in [0.25, 0.3) is 0 Å². The van der Waals surface area contributed by atoms with Gasteiger partial charge in [-0.05, 0) is 20.3 Å². The minimum Gasteiger partial charge on any atom is -0.463 e. The van der Waals surface area contributed by atoms with Crippen LogP contribution in [0.1, 0.15) is 20.3 Å². The summed E-state index contributed by atoms with van der Waals surface area (Å²) in [5, 5.41) is 52.8. The van der Waals surface area contributed by atoms with E-state index in [0.29, 0.717) is 5.57 Å². The summed E-state index contributed by atoms with van der Waals surface area (Å²) in [6.45, 7) is 2.86. The molecule has 0 saturated heterocycles. The normalized spacial score (nSPS) is 12.5. The molecule has 0 fully saturated rings. The van der Waals surface area contributed by atoms with Crippen molar-refractivity contribution in [1.29, 1.82) is 0 Å². The Morgan fingerprint density at radius 2 is 1.56 bits per heavy atom. The number of hydrogen-bond acceptors (Lipinski definition) is 8. The summed E-state index contributed by atoms with van der Waals surface area (Å²) in [4.78, 5) is 11.1. The first kappa shape index (κ1) is 17.0. The lowest BCUT2D eigenvalue weighted by molar-refractivity contribution is -0.440. The zero-order chi connectivity index (χ0) is 14.6. The van der Waals surface area contributed by atoms with E-state index in [1.54, 1.807) is 13.8 Å². The van der Waals surface area contributed by atoms with Gasteiger partial charge in [0, 0.05) is 6.08 Å². The number of hydrogen-bond donors (Lipinski definition) is 6. The highest BCUT2D eigenvalue weighted by Crippen LogP contribution is 2.24. The lowest BCUT2D eigenvalue weighted by Crippen LogP contribution is -2.52. The van der Waals surface area contributed by atoms with E-state index in [1.807, 2.05) is 0 Å². The first-order valence-corrected chi connectivity index (χ1v) is 5.10. The molecule has 0 heterocycles. The summed E-state index contributed by atoms with van der Waals surface area (Å²) in [6, 6.07) is 0. The summed E-state index contributed by atoms with van der Waals surface area (Å²) in [5.41, 5.74) is 0.679. The number of rotatable bonds is 6. The number of allylic oxidation sites excluding steroid dienone is 1. The first-order chi connectivity index (χ1) is 7.94. The topological polar surface area (TPSA) is 148 Å². The van der Waals surface area contributed by atoms with Crippen molar-refractivity contribution in [3.63, 3.8) is 0 Å². The molecule has 0 rings (SSSR count). The van der Waals surface area contributed by atoms with Crippen LogP contribution in [0, 0.1) is 5.92 Å². The molecule has 0 aliphatic rings. The van der Waals surface area contributed by atoms with Gasteiger partial charge in [-0.1, -0.05) is 5.57 Å². The van der Waals surface area contributed by atoms with E-state index in [4.69, 9.17) is 30.6 Å². The van der Waals surface area contributed by atoms with Gasteiger partial charge in [-0.3, -0.25) is 0 Å². The van der Waals surface area contributed by atoms with Crippen molar-refractivity contribution in [3.8, 4) is 0 Å². The number of aliphatic hydroxyl groups is 6. The molecule has 0 unspecified atom stereocenters. The van der Waals surface area contributed by atoms with Gasteiger partial charge in [0.05, 0.1) is 6.61 Å². The molecule has 0 aromatic rings. The zero-order valence-corrected chi connectivity index (χ0v) is 10.1. The third kappa shape index (κ3) is 6.64. The molecule has 0 aliphatic carbocycles. The standard InChI is InChI=1S/C10H18O8/c1-6(2)5-8(11)18-4-3-7(9(12,13)14)10(15,16)17/h5,7,12-17H,3-4H2,1-2H3. The Morgan fingerprint density at radius 3 is 1.89 bits per heavy atom. The van der Waals surface area contributed by atoms with E-state index in [0.717, 1.165) is 0 Å². The lowest BCUT2D eigenvalue weighted by atomic mass is 10.0. The maximum Gasteiger partial charge on any atom is 0.330 e. The average molecular weight is 266 g/mol. The number of esters is 1. The molecule has 8 nitrogen and oxygen atoms in total. The van der Waals surface area contributed by atoms with Crippen LogP contribution in [-0.2, 0) is 9.53 Å². The third-order valence-corrected chi connectivity index (χ3v) is 1.99. The molecular weight excluding hydrogens is 248 g/mol. The fourth-order valence-electron chi connectivity index (χ4n) is 1.20. The van der Waals surface area contributed by atoms with Crippen molar-refractivity contribution in [2.24, 2.45) is 5.92 Å². The molecule has 0 spiro atoms. The average Bonchev–Trinajstić information content (AvgIpc) is 2.06. The van der Waals surface area contributed by atoms with E-state index in [1.165, 1.54) is 6.08 Å². The van der Waals surface area contributed by atoms with E-state index in [2.05, 4.69) is 4.74 Å². The Labute approximate surface area is 103 Å². The molecule has 0 amide bonds. The van der Waals surface area contributed by atoms with Crippen LogP contribution < -0.4 is 0 Å². The van der Waals surface area contributed by atoms with Gasteiger partial charge in [0.15, 0.2) is 0 Å². The number of ether oxygens (including phenoxy) is 1. The number of carbonyl (C=O) groups excluding carboxylic acids is 1. The van der Waals surface area contributed by atoms with Crippen LogP contribution in [0.15, 0.2) is 11.6 Å². The first-order valence-electron chi connectivity index (χ1n) is 5.10. The van der Waals surface area contributed by atoms with Gasteiger partial charge in [0.1, 0.15) is 5.92 Å². The smallest absolute Gasteiger partial charge is 0.330 e. The Bertz CT molecular complexity index is 291. The van der Waals surface area contributed by atoms with Gasteiger partial charge in [-0.15, -0.1) is 0 Å². The van der Waals surface area contributed by atoms with E-state index in [-0.39, 0.29) is 0 Å². The molecule has 0 aromatic carbocycles. The minimum atomic E-state index is -3.53. The highest BCUT2D eigenvalue weighted by atomic mass is 16.7. The maximum atomic E-state index is 11.1. The van der Waals surface area contributed by atoms with Crippen molar-refractivity contribution >= 4 is 5.97 Å². The summed E-state index contributed by atoms with van der Waals surface area (Å²) < 4.78 is 4.59. The molecule has 0 bridgehead atoms. The van der Waals surface area contributed by atoms with Crippen LogP contribution in [0.2, 0.25) is 0 Å². The van der Waals surface area contributed by atoms with Crippen molar-refractivity contribution in [2.75, 3.05) is 6.61 Å². The Kier molecular flexibility index (Phi) is 5.87. The molecule has 0 aromatic heterocycles. The van der Waals surface area contributed by atoms with Crippen LogP contribution in [0.3, 0.4) is 0 Å². The van der Waals surface area contributed by atoms with Gasteiger partial charge in [0.2, 0.25) is 0 Å². The SMILES string of the molecule is CC(C)=CC(=O)OCCC(C(O)(O)O)C(O)(O)O. The fraction of sp³-hybridized carbons (Fsp3) is 0.700. The molecule has 0 aliphatic heterocycles. The Morgan fingerprint density at radius 1 is 1.11 bits per heavy atom. The van der Waals surface area contributed by atoms with Crippen molar-refractivity contribution in [1.82, 2.24) is 0 Å². The van der Waals surface area contributed by atoms with Crippen LogP contribution in [0.4, 0.5) is 0 Å². The van der Waals surface area contributed by atoms with Gasteiger partial charge >= 0.3 is 5.97 Å². The van der Waals surface area contributed by atoms with E-state index in [9.17, 15) is 4.79 Å². The molecule has 0 saturated carbocycles. The molecule has 18 heavy (non-hydrogen) atoms. The third-order valence-electron chi connectivity index (χ3n) is 1.99. The van der Waals surface area contributed by atoms with E-state index >= 15 is 0 Å². The predicted octanol–water partition coefficient (Wildman–Crippen LogP) is -2.24. The maximum absolute atomic E-state index is 11.1. The second-order valence-electron chi connectivity index (χ2n) is 4.11. The highest BCUT2D eigenvalue weighted by Gasteiger charge is 2.46. The van der Waals surface area contributed by atoms with Crippen LogP contribution in [0.5, 0.6) is 0 Å². The van der Waals surface area contributed by atoms with Gasteiger partial charge in [0.25, 0.3) is 11.9 Å². The predicted molar refractivity (Wildman–Crippen MR) is 57.3 cm³/mol. The molecule has 6 N–H and O–H groups in total. The van der Waals surface area contributed by atoms with Gasteiger partial charge in [-0.25, -0.2) is 4.79 Å². The lowest BCUT2D eigenvalue weighted by Gasteiger charge is -2.31. The Balaban J connectivity index is 4.40. The van der Waals surface area contributed by atoms with Crippen LogP contribution >= 0.6 is 0 Å². The molecule has 8 heteroatoms. The summed E-state index contributed by atoms with van der Waals surface area (Å²) in [7, 11) is 0. The van der Waals surface area contributed by atoms with Crippen molar-refractivity contribution in [3.05, 3.63) is 11.6 Å². The van der Waals surface area contributed by atoms with Crippen molar-refractivity contribution in [2.45, 2.75) is 32.2 Å². The largest absolute Gasteiger partial charge is 0.463 e. The molecular formula is C10H18O8. The second-order valence-corrected chi connectivity index (χ2v) is 4.11. The minimum absolute atomic E-state index is 0.458. The zero-order valence-electron chi connectivity index (χ0n) is 10.1. The quantitative estimate of drug-likeness (QED) is 0.180. The molecule has 106 valence electrons. The van der Waals surface area contributed by atoms with Gasteiger partial charge in [-0.2, -0.15) is 0 Å². The van der Waals surface area contributed by atoms with E-state index < -0.39 is 36.9 Å².